The van der Waals surface area contributed by atoms with E-state index < -0.39 is 15.9 Å². The van der Waals surface area contributed by atoms with E-state index in [1.54, 1.807) is 42.5 Å². The molecular formula is C34H29N3O4S. The van der Waals surface area contributed by atoms with Crippen LogP contribution in [0, 0.1) is 0 Å². The Bertz CT molecular complexity index is 1740. The predicted molar refractivity (Wildman–Crippen MR) is 165 cm³/mol. The van der Waals surface area contributed by atoms with E-state index in [0.717, 1.165) is 16.7 Å². The van der Waals surface area contributed by atoms with Gasteiger partial charge in [0.05, 0.1) is 28.9 Å². The lowest BCUT2D eigenvalue weighted by Gasteiger charge is -2.26. The number of benzene rings is 5. The van der Waals surface area contributed by atoms with E-state index in [4.69, 9.17) is 4.74 Å². The van der Waals surface area contributed by atoms with Crippen molar-refractivity contribution in [2.24, 2.45) is 5.10 Å². The van der Waals surface area contributed by atoms with Crippen molar-refractivity contribution in [3.8, 4) is 5.75 Å². The van der Waals surface area contributed by atoms with Gasteiger partial charge in [0.1, 0.15) is 12.4 Å². The van der Waals surface area contributed by atoms with E-state index in [2.05, 4.69) is 10.5 Å². The van der Waals surface area contributed by atoms with Gasteiger partial charge in [-0.2, -0.15) is 5.10 Å². The van der Waals surface area contributed by atoms with Crippen molar-refractivity contribution >= 4 is 27.8 Å². The fourth-order valence-electron chi connectivity index (χ4n) is 4.27. The number of ether oxygens (including phenoxy) is 1. The van der Waals surface area contributed by atoms with Crippen molar-refractivity contribution in [3.05, 3.63) is 162 Å². The average Bonchev–Trinajstić information content (AvgIpc) is 3.04. The summed E-state index contributed by atoms with van der Waals surface area (Å²) in [5.74, 6) is 0.179. The van der Waals surface area contributed by atoms with E-state index in [9.17, 15) is 13.2 Å². The van der Waals surface area contributed by atoms with Gasteiger partial charge in [0, 0.05) is 0 Å². The number of sulfonamides is 1. The monoisotopic (exact) mass is 575 g/mol. The van der Waals surface area contributed by atoms with Gasteiger partial charge in [-0.15, -0.1) is 0 Å². The number of amides is 1. The number of hydrogen-bond donors (Lipinski definition) is 1. The number of hydrogen-bond acceptors (Lipinski definition) is 5. The number of carbonyl (C=O) groups excluding carboxylic acids is 1. The molecule has 1 amide bonds. The van der Waals surface area contributed by atoms with Gasteiger partial charge in [0.25, 0.3) is 15.9 Å². The third kappa shape index (κ3) is 7.10. The Balaban J connectivity index is 1.33. The summed E-state index contributed by atoms with van der Waals surface area (Å²) in [4.78, 5) is 13.4. The lowest BCUT2D eigenvalue weighted by Crippen LogP contribution is -2.33. The van der Waals surface area contributed by atoms with E-state index in [1.807, 2.05) is 84.9 Å². The second-order valence-corrected chi connectivity index (χ2v) is 11.2. The Morgan fingerprint density at radius 1 is 0.714 bits per heavy atom. The second kappa shape index (κ2) is 13.4. The minimum absolute atomic E-state index is 0.0460. The Morgan fingerprint density at radius 3 is 1.95 bits per heavy atom. The zero-order valence-corrected chi connectivity index (χ0v) is 23.5. The van der Waals surface area contributed by atoms with Gasteiger partial charge in [-0.05, 0) is 65.2 Å². The quantitative estimate of drug-likeness (QED) is 0.145. The smallest absolute Gasteiger partial charge is 0.273 e. The molecule has 5 aromatic rings. The van der Waals surface area contributed by atoms with Crippen molar-refractivity contribution < 1.29 is 17.9 Å². The fraction of sp³-hybridized carbons (Fsp3) is 0.0588. The maximum atomic E-state index is 13.8. The highest BCUT2D eigenvalue weighted by molar-refractivity contribution is 7.92. The van der Waals surface area contributed by atoms with Gasteiger partial charge in [0.15, 0.2) is 0 Å². The first kappa shape index (κ1) is 28.3. The lowest BCUT2D eigenvalue weighted by atomic mass is 10.1. The highest BCUT2D eigenvalue weighted by Crippen LogP contribution is 2.29. The summed E-state index contributed by atoms with van der Waals surface area (Å²) in [6.07, 6.45) is 1.52. The standard InChI is InChI=1S/C34H29N3O4S/c38-34(36-35-24-27-20-22-30(23-21-27)41-26-29-14-6-2-7-15-29)32-18-10-11-19-33(32)37(25-28-12-4-1-5-13-28)42(39,40)31-16-8-3-9-17-31/h1-24H,25-26H2,(H,36,38)/b35-24-. The summed E-state index contributed by atoms with van der Waals surface area (Å²) in [6, 6.07) is 41.2. The van der Waals surface area contributed by atoms with Crippen molar-refractivity contribution in [1.82, 2.24) is 5.43 Å². The molecule has 7 nitrogen and oxygen atoms in total. The molecule has 210 valence electrons. The number of hydrazone groups is 1. The summed E-state index contributed by atoms with van der Waals surface area (Å²) in [7, 11) is -4.00. The Kier molecular flexibility index (Phi) is 9.06. The molecule has 0 fully saturated rings. The molecule has 0 heterocycles. The van der Waals surface area contributed by atoms with Crippen LogP contribution in [-0.4, -0.2) is 20.5 Å². The van der Waals surface area contributed by atoms with Gasteiger partial charge >= 0.3 is 0 Å². The first-order chi connectivity index (χ1) is 20.5. The summed E-state index contributed by atoms with van der Waals surface area (Å²) >= 11 is 0. The van der Waals surface area contributed by atoms with Crippen LogP contribution in [0.15, 0.2) is 150 Å². The van der Waals surface area contributed by atoms with Crippen LogP contribution in [-0.2, 0) is 23.2 Å². The molecule has 8 heteroatoms. The third-order valence-corrected chi connectivity index (χ3v) is 8.20. The molecule has 0 saturated heterocycles. The number of carbonyl (C=O) groups is 1. The number of nitrogens with zero attached hydrogens (tertiary/aromatic N) is 2. The van der Waals surface area contributed by atoms with E-state index in [0.29, 0.717) is 12.4 Å². The first-order valence-electron chi connectivity index (χ1n) is 13.3. The van der Waals surface area contributed by atoms with Gasteiger partial charge in [-0.3, -0.25) is 9.10 Å². The average molecular weight is 576 g/mol. The van der Waals surface area contributed by atoms with Crippen molar-refractivity contribution in [1.29, 1.82) is 0 Å². The fourth-order valence-corrected chi connectivity index (χ4v) is 5.76. The van der Waals surface area contributed by atoms with Crippen LogP contribution in [0.25, 0.3) is 0 Å². The summed E-state index contributed by atoms with van der Waals surface area (Å²) in [6.45, 7) is 0.509. The van der Waals surface area contributed by atoms with Gasteiger partial charge in [0.2, 0.25) is 0 Å². The minimum Gasteiger partial charge on any atom is -0.489 e. The molecule has 0 aliphatic heterocycles. The lowest BCUT2D eigenvalue weighted by molar-refractivity contribution is 0.0955. The van der Waals surface area contributed by atoms with Crippen molar-refractivity contribution in [2.75, 3.05) is 4.31 Å². The molecule has 0 aromatic heterocycles. The van der Waals surface area contributed by atoms with E-state index in [1.165, 1.54) is 22.7 Å². The van der Waals surface area contributed by atoms with Gasteiger partial charge in [-0.1, -0.05) is 91.0 Å². The maximum absolute atomic E-state index is 13.8. The molecule has 5 rings (SSSR count). The molecule has 0 aliphatic carbocycles. The predicted octanol–water partition coefficient (Wildman–Crippen LogP) is 6.43. The second-order valence-electron chi connectivity index (χ2n) is 9.37. The third-order valence-electron chi connectivity index (χ3n) is 6.43. The van der Waals surface area contributed by atoms with Crippen molar-refractivity contribution in [3.63, 3.8) is 0 Å². The Labute approximate surface area is 245 Å². The zero-order valence-electron chi connectivity index (χ0n) is 22.7. The number of anilines is 1. The molecule has 0 spiro atoms. The van der Waals surface area contributed by atoms with Crippen LogP contribution in [0.1, 0.15) is 27.0 Å². The molecule has 0 saturated carbocycles. The molecule has 0 atom stereocenters. The molecule has 42 heavy (non-hydrogen) atoms. The SMILES string of the molecule is O=C(N/N=C\c1ccc(OCc2ccccc2)cc1)c1ccccc1N(Cc1ccccc1)S(=O)(=O)c1ccccc1. The largest absolute Gasteiger partial charge is 0.489 e. The Morgan fingerprint density at radius 2 is 1.29 bits per heavy atom. The highest BCUT2D eigenvalue weighted by Gasteiger charge is 2.28. The van der Waals surface area contributed by atoms with Crippen LogP contribution in [0.3, 0.4) is 0 Å². The highest BCUT2D eigenvalue weighted by atomic mass is 32.2. The molecule has 0 aliphatic rings. The van der Waals surface area contributed by atoms with Gasteiger partial charge < -0.3 is 4.74 Å². The maximum Gasteiger partial charge on any atom is 0.273 e. The zero-order chi connectivity index (χ0) is 29.2. The van der Waals surface area contributed by atoms with E-state index >= 15 is 0 Å². The summed E-state index contributed by atoms with van der Waals surface area (Å²) in [5.41, 5.74) is 5.57. The van der Waals surface area contributed by atoms with Crippen LogP contribution < -0.4 is 14.5 Å². The van der Waals surface area contributed by atoms with Crippen LogP contribution in [0.2, 0.25) is 0 Å². The minimum atomic E-state index is -4.00. The molecule has 0 radical (unpaired) electrons. The first-order valence-corrected chi connectivity index (χ1v) is 14.8. The van der Waals surface area contributed by atoms with E-state index in [-0.39, 0.29) is 22.7 Å². The number of rotatable bonds is 11. The molecular weight excluding hydrogens is 546 g/mol. The van der Waals surface area contributed by atoms with Crippen LogP contribution in [0.4, 0.5) is 5.69 Å². The molecule has 1 N–H and O–H groups in total. The topological polar surface area (TPSA) is 88.1 Å². The molecule has 5 aromatic carbocycles. The summed E-state index contributed by atoms with van der Waals surface area (Å²) in [5, 5.41) is 4.11. The Hall–Kier alpha value is -5.21. The van der Waals surface area contributed by atoms with Crippen LogP contribution >= 0.6 is 0 Å². The summed E-state index contributed by atoms with van der Waals surface area (Å²) < 4.78 is 34.7. The normalized spacial score (nSPS) is 11.2. The number of para-hydroxylation sites is 1. The van der Waals surface area contributed by atoms with Crippen molar-refractivity contribution in [2.45, 2.75) is 18.0 Å². The van der Waals surface area contributed by atoms with Gasteiger partial charge in [-0.25, -0.2) is 13.8 Å². The van der Waals surface area contributed by atoms with Crippen LogP contribution in [0.5, 0.6) is 5.75 Å². The molecule has 0 unspecified atom stereocenters. The molecule has 0 bridgehead atoms. The number of nitrogens with one attached hydrogen (secondary N) is 1.